The molecule has 3 N–H and O–H groups in total. The van der Waals surface area contributed by atoms with Crippen LogP contribution in [0.2, 0.25) is 0 Å². The van der Waals surface area contributed by atoms with Gasteiger partial charge >= 0.3 is 5.97 Å². The van der Waals surface area contributed by atoms with Crippen LogP contribution >= 0.6 is 0 Å². The van der Waals surface area contributed by atoms with Gasteiger partial charge in [-0.1, -0.05) is 23.4 Å². The Hall–Kier alpha value is -2.21. The number of hydrogen-bond donors (Lipinski definition) is 2. The maximum Gasteiger partial charge on any atom is 0.320 e. The zero-order valence-corrected chi connectivity index (χ0v) is 11.7. The molecule has 6 heteroatoms. The number of aryl methyl sites for hydroxylation is 2. The molecule has 1 aliphatic rings. The topological polar surface area (TPSA) is 94.0 Å². The molecule has 1 unspecified atom stereocenters. The van der Waals surface area contributed by atoms with Crippen molar-refractivity contribution in [2.75, 3.05) is 0 Å². The molecular weight excluding hydrogens is 268 g/mol. The Morgan fingerprint density at radius 1 is 1.38 bits per heavy atom. The molecule has 1 atom stereocenters. The lowest BCUT2D eigenvalue weighted by molar-refractivity contribution is -0.138. The van der Waals surface area contributed by atoms with Gasteiger partial charge in [0.2, 0.25) is 0 Å². The Labute approximate surface area is 122 Å². The minimum Gasteiger partial charge on any atom is -0.480 e. The average Bonchev–Trinajstić information content (AvgIpc) is 3.07. The summed E-state index contributed by atoms with van der Waals surface area (Å²) in [4.78, 5) is 10.7. The van der Waals surface area contributed by atoms with Crippen LogP contribution in [-0.2, 0) is 30.6 Å². The number of benzene rings is 1. The van der Waals surface area contributed by atoms with Crippen LogP contribution in [0.25, 0.3) is 0 Å². The molecular formula is C15H18N4O2. The van der Waals surface area contributed by atoms with Gasteiger partial charge in [0.1, 0.15) is 6.04 Å². The van der Waals surface area contributed by atoms with E-state index in [1.165, 1.54) is 29.5 Å². The molecule has 6 nitrogen and oxygen atoms in total. The molecule has 1 heterocycles. The van der Waals surface area contributed by atoms with Crippen molar-refractivity contribution in [1.29, 1.82) is 0 Å². The monoisotopic (exact) mass is 286 g/mol. The van der Waals surface area contributed by atoms with Crippen LogP contribution < -0.4 is 5.73 Å². The van der Waals surface area contributed by atoms with Crippen LogP contribution in [0.15, 0.2) is 24.4 Å². The van der Waals surface area contributed by atoms with Crippen molar-refractivity contribution in [3.05, 3.63) is 46.8 Å². The van der Waals surface area contributed by atoms with Gasteiger partial charge in [-0.15, -0.1) is 5.10 Å². The van der Waals surface area contributed by atoms with Crippen LogP contribution in [0, 0.1) is 0 Å². The molecule has 110 valence electrons. The van der Waals surface area contributed by atoms with E-state index in [1.54, 1.807) is 10.9 Å². The quantitative estimate of drug-likeness (QED) is 0.846. The summed E-state index contributed by atoms with van der Waals surface area (Å²) in [7, 11) is 0. The maximum absolute atomic E-state index is 10.7. The van der Waals surface area contributed by atoms with Crippen molar-refractivity contribution in [1.82, 2.24) is 15.0 Å². The lowest BCUT2D eigenvalue weighted by Gasteiger charge is -2.05. The first-order valence-corrected chi connectivity index (χ1v) is 7.10. The third kappa shape index (κ3) is 3.11. The van der Waals surface area contributed by atoms with E-state index < -0.39 is 12.0 Å². The van der Waals surface area contributed by atoms with Gasteiger partial charge in [0.05, 0.1) is 12.2 Å². The third-order valence-electron chi connectivity index (χ3n) is 3.84. The van der Waals surface area contributed by atoms with Gasteiger partial charge in [0.15, 0.2) is 0 Å². The number of rotatable bonds is 5. The Morgan fingerprint density at radius 2 is 2.19 bits per heavy atom. The van der Waals surface area contributed by atoms with E-state index in [9.17, 15) is 4.79 Å². The Morgan fingerprint density at radius 3 is 3.00 bits per heavy atom. The molecule has 0 saturated heterocycles. The fourth-order valence-electron chi connectivity index (χ4n) is 2.73. The van der Waals surface area contributed by atoms with E-state index >= 15 is 0 Å². The van der Waals surface area contributed by atoms with Gasteiger partial charge < -0.3 is 10.8 Å². The fraction of sp³-hybridized carbons (Fsp3) is 0.400. The molecule has 21 heavy (non-hydrogen) atoms. The Bertz CT molecular complexity index is 665. The fourth-order valence-corrected chi connectivity index (χ4v) is 2.73. The molecule has 3 rings (SSSR count). The summed E-state index contributed by atoms with van der Waals surface area (Å²) in [5.41, 5.74) is 10.2. The van der Waals surface area contributed by atoms with Gasteiger partial charge in [0.25, 0.3) is 0 Å². The predicted molar refractivity (Wildman–Crippen MR) is 76.9 cm³/mol. The van der Waals surface area contributed by atoms with Crippen LogP contribution in [-0.4, -0.2) is 32.1 Å². The van der Waals surface area contributed by atoms with Gasteiger partial charge in [-0.05, 0) is 36.0 Å². The van der Waals surface area contributed by atoms with Crippen molar-refractivity contribution in [3.63, 3.8) is 0 Å². The largest absolute Gasteiger partial charge is 0.480 e. The number of aromatic nitrogens is 3. The van der Waals surface area contributed by atoms with Gasteiger partial charge in [-0.3, -0.25) is 4.79 Å². The number of carboxylic acids is 1. The molecule has 0 aliphatic heterocycles. The van der Waals surface area contributed by atoms with E-state index in [1.807, 2.05) is 0 Å². The number of aliphatic carboxylic acids is 1. The van der Waals surface area contributed by atoms with Crippen LogP contribution in [0.5, 0.6) is 0 Å². The molecule has 0 radical (unpaired) electrons. The molecule has 1 aliphatic carbocycles. The molecule has 2 aromatic rings. The molecule has 0 saturated carbocycles. The van der Waals surface area contributed by atoms with Crippen LogP contribution in [0.4, 0.5) is 0 Å². The van der Waals surface area contributed by atoms with E-state index in [0.29, 0.717) is 12.2 Å². The number of carbonyl (C=O) groups is 1. The highest BCUT2D eigenvalue weighted by molar-refractivity contribution is 5.73. The Kier molecular flexibility index (Phi) is 3.70. The third-order valence-corrected chi connectivity index (χ3v) is 3.84. The number of carboxylic acid groups (broad SMARTS) is 1. The summed E-state index contributed by atoms with van der Waals surface area (Å²) in [5.74, 6) is -1.02. The van der Waals surface area contributed by atoms with E-state index in [2.05, 4.69) is 28.5 Å². The summed E-state index contributed by atoms with van der Waals surface area (Å²) in [5, 5.41) is 16.8. The van der Waals surface area contributed by atoms with Crippen LogP contribution in [0.1, 0.15) is 28.8 Å². The highest BCUT2D eigenvalue weighted by Crippen LogP contribution is 2.23. The first-order valence-electron chi connectivity index (χ1n) is 7.10. The van der Waals surface area contributed by atoms with Crippen molar-refractivity contribution in [2.45, 2.75) is 38.3 Å². The van der Waals surface area contributed by atoms with Crippen molar-refractivity contribution in [3.8, 4) is 0 Å². The second kappa shape index (κ2) is 5.65. The minimum atomic E-state index is -1.02. The predicted octanol–water partition coefficient (Wildman–Crippen LogP) is 0.770. The summed E-state index contributed by atoms with van der Waals surface area (Å²) >= 11 is 0. The molecule has 0 bridgehead atoms. The first-order chi connectivity index (χ1) is 10.1. The SMILES string of the molecule is NC(Cc1cn(Cc2ccc3c(c2)CCC3)nn1)C(=O)O. The van der Waals surface area contributed by atoms with Gasteiger partial charge in [-0.25, -0.2) is 4.68 Å². The molecule has 0 fully saturated rings. The maximum atomic E-state index is 10.7. The standard InChI is InChI=1S/C15H18N4O2/c16-14(15(20)21)7-13-9-19(18-17-13)8-10-4-5-11-2-1-3-12(11)6-10/h4-6,9,14H,1-3,7-8,16H2,(H,20,21). The molecule has 0 amide bonds. The van der Waals surface area contributed by atoms with Gasteiger partial charge in [-0.2, -0.15) is 0 Å². The van der Waals surface area contributed by atoms with E-state index in [0.717, 1.165) is 6.42 Å². The minimum absolute atomic E-state index is 0.194. The highest BCUT2D eigenvalue weighted by Gasteiger charge is 2.15. The zero-order chi connectivity index (χ0) is 14.8. The summed E-state index contributed by atoms with van der Waals surface area (Å²) in [6, 6.07) is 5.60. The molecule has 1 aromatic heterocycles. The number of fused-ring (bicyclic) bond motifs is 1. The normalized spacial score (nSPS) is 14.9. The Balaban J connectivity index is 1.68. The highest BCUT2D eigenvalue weighted by atomic mass is 16.4. The lowest BCUT2D eigenvalue weighted by Crippen LogP contribution is -2.32. The van der Waals surface area contributed by atoms with Crippen molar-refractivity contribution < 1.29 is 9.90 Å². The summed E-state index contributed by atoms with van der Waals surface area (Å²) < 4.78 is 1.72. The van der Waals surface area contributed by atoms with E-state index in [4.69, 9.17) is 10.8 Å². The number of nitrogens with zero attached hydrogens (tertiary/aromatic N) is 3. The van der Waals surface area contributed by atoms with Crippen molar-refractivity contribution >= 4 is 5.97 Å². The average molecular weight is 286 g/mol. The lowest BCUT2D eigenvalue weighted by atomic mass is 10.1. The second-order valence-electron chi connectivity index (χ2n) is 5.51. The molecule has 1 aromatic carbocycles. The number of nitrogens with two attached hydrogens (primary N) is 1. The summed E-state index contributed by atoms with van der Waals surface area (Å²) in [6.07, 6.45) is 5.52. The van der Waals surface area contributed by atoms with E-state index in [-0.39, 0.29) is 6.42 Å². The molecule has 0 spiro atoms. The second-order valence-corrected chi connectivity index (χ2v) is 5.51. The van der Waals surface area contributed by atoms with Crippen molar-refractivity contribution in [2.24, 2.45) is 5.73 Å². The first kappa shape index (κ1) is 13.8. The van der Waals surface area contributed by atoms with Crippen LogP contribution in [0.3, 0.4) is 0 Å². The number of hydrogen-bond acceptors (Lipinski definition) is 4. The summed E-state index contributed by atoms with van der Waals surface area (Å²) in [6.45, 7) is 0.641. The smallest absolute Gasteiger partial charge is 0.320 e. The van der Waals surface area contributed by atoms with Gasteiger partial charge in [0, 0.05) is 12.6 Å². The zero-order valence-electron chi connectivity index (χ0n) is 11.7.